The molecule has 1 atom stereocenters. The first-order valence-electron chi connectivity index (χ1n) is 8.52. The number of carbonyl (C=O) groups excluding carboxylic acids is 1. The number of hydrogen-bond acceptors (Lipinski definition) is 4. The summed E-state index contributed by atoms with van der Waals surface area (Å²) in [6.45, 7) is 6.43. The molecular weight excluding hydrogens is 320 g/mol. The number of rotatable bonds is 5. The van der Waals surface area contributed by atoms with Gasteiger partial charge in [-0.25, -0.2) is 4.98 Å². The molecule has 1 aliphatic rings. The lowest BCUT2D eigenvalue weighted by Gasteiger charge is -2.30. The first-order valence-corrected chi connectivity index (χ1v) is 9.34. The fraction of sp³-hybridized carbons (Fsp3) is 0.474. The lowest BCUT2D eigenvalue weighted by molar-refractivity contribution is -0.132. The molecule has 5 heteroatoms. The molecule has 0 radical (unpaired) electrons. The van der Waals surface area contributed by atoms with Gasteiger partial charge in [0, 0.05) is 18.0 Å². The van der Waals surface area contributed by atoms with Crippen molar-refractivity contribution < 1.29 is 9.53 Å². The monoisotopic (exact) mass is 344 g/mol. The van der Waals surface area contributed by atoms with E-state index in [0.717, 1.165) is 40.8 Å². The summed E-state index contributed by atoms with van der Waals surface area (Å²) in [6.07, 6.45) is 2.80. The van der Waals surface area contributed by atoms with Crippen LogP contribution in [0.25, 0.3) is 0 Å². The molecule has 2 heterocycles. The Balaban J connectivity index is 1.58. The number of aromatic nitrogens is 1. The topological polar surface area (TPSA) is 42.4 Å². The summed E-state index contributed by atoms with van der Waals surface area (Å²) in [7, 11) is 0. The van der Waals surface area contributed by atoms with E-state index in [4.69, 9.17) is 4.74 Å². The highest BCUT2D eigenvalue weighted by atomic mass is 32.1. The minimum Gasteiger partial charge on any atom is -0.486 e. The third kappa shape index (κ3) is 4.35. The molecule has 1 aromatic carbocycles. The van der Waals surface area contributed by atoms with Gasteiger partial charge in [0.2, 0.25) is 5.91 Å². The van der Waals surface area contributed by atoms with E-state index in [9.17, 15) is 4.79 Å². The Labute approximate surface area is 147 Å². The predicted octanol–water partition coefficient (Wildman–Crippen LogP) is 3.83. The van der Waals surface area contributed by atoms with Gasteiger partial charge in [0.05, 0.1) is 12.1 Å². The van der Waals surface area contributed by atoms with Gasteiger partial charge in [0.1, 0.15) is 17.4 Å². The van der Waals surface area contributed by atoms with Gasteiger partial charge < -0.3 is 9.64 Å². The number of benzene rings is 1. The van der Waals surface area contributed by atoms with Crippen molar-refractivity contribution in [3.05, 3.63) is 45.9 Å². The number of piperidine rings is 1. The average molecular weight is 344 g/mol. The van der Waals surface area contributed by atoms with Crippen LogP contribution in [0.3, 0.4) is 0 Å². The Hall–Kier alpha value is -1.88. The normalized spacial score (nSPS) is 17.8. The molecule has 1 unspecified atom stereocenters. The van der Waals surface area contributed by atoms with Crippen molar-refractivity contribution in [2.45, 2.75) is 39.7 Å². The number of carbonyl (C=O) groups is 1. The fourth-order valence-corrected chi connectivity index (χ4v) is 4.01. The Kier molecular flexibility index (Phi) is 5.51. The molecule has 0 saturated carbocycles. The maximum Gasteiger partial charge on any atom is 0.227 e. The van der Waals surface area contributed by atoms with Crippen LogP contribution >= 0.6 is 11.3 Å². The van der Waals surface area contributed by atoms with E-state index >= 15 is 0 Å². The zero-order chi connectivity index (χ0) is 16.9. The molecule has 1 aliphatic heterocycles. The van der Waals surface area contributed by atoms with Crippen LogP contribution in [-0.4, -0.2) is 28.9 Å². The van der Waals surface area contributed by atoms with Crippen LogP contribution in [-0.2, 0) is 17.8 Å². The lowest BCUT2D eigenvalue weighted by atomic mass is 10.00. The second kappa shape index (κ2) is 7.79. The molecule has 1 saturated heterocycles. The summed E-state index contributed by atoms with van der Waals surface area (Å²) in [4.78, 5) is 20.2. The average Bonchev–Trinajstić information content (AvgIpc) is 2.94. The third-order valence-electron chi connectivity index (χ3n) is 4.36. The second-order valence-corrected chi connectivity index (χ2v) is 7.65. The Morgan fingerprint density at radius 3 is 2.92 bits per heavy atom. The van der Waals surface area contributed by atoms with Crippen molar-refractivity contribution in [1.82, 2.24) is 9.88 Å². The summed E-state index contributed by atoms with van der Waals surface area (Å²) in [6, 6.07) is 9.73. The molecule has 0 spiro atoms. The van der Waals surface area contributed by atoms with Gasteiger partial charge in [-0.2, -0.15) is 0 Å². The molecule has 1 aromatic heterocycles. The van der Waals surface area contributed by atoms with Crippen LogP contribution in [0.15, 0.2) is 30.3 Å². The number of thiazole rings is 1. The van der Waals surface area contributed by atoms with E-state index in [1.54, 1.807) is 11.3 Å². The molecule has 24 heavy (non-hydrogen) atoms. The van der Waals surface area contributed by atoms with Gasteiger partial charge in [-0.15, -0.1) is 11.3 Å². The second-order valence-electron chi connectivity index (χ2n) is 6.48. The molecule has 0 aliphatic carbocycles. The summed E-state index contributed by atoms with van der Waals surface area (Å²) in [5.74, 6) is 1.68. The van der Waals surface area contributed by atoms with E-state index in [1.807, 2.05) is 42.2 Å². The largest absolute Gasteiger partial charge is 0.486 e. The third-order valence-corrected chi connectivity index (χ3v) is 5.49. The van der Waals surface area contributed by atoms with Crippen molar-refractivity contribution >= 4 is 17.2 Å². The summed E-state index contributed by atoms with van der Waals surface area (Å²) in [5, 5.41) is 0.922. The number of nitrogens with zero attached hydrogens (tertiary/aromatic N) is 2. The maximum absolute atomic E-state index is 12.5. The molecule has 4 nitrogen and oxygen atoms in total. The lowest BCUT2D eigenvalue weighted by Crippen LogP contribution is -2.39. The molecule has 3 rings (SSSR count). The van der Waals surface area contributed by atoms with Crippen LogP contribution in [0.5, 0.6) is 5.75 Å². The number of amides is 1. The van der Waals surface area contributed by atoms with E-state index in [2.05, 4.69) is 11.9 Å². The molecule has 0 bridgehead atoms. The minimum absolute atomic E-state index is 0.226. The van der Waals surface area contributed by atoms with Gasteiger partial charge in [-0.3, -0.25) is 4.79 Å². The zero-order valence-corrected chi connectivity index (χ0v) is 15.1. The van der Waals surface area contributed by atoms with Gasteiger partial charge in [0.25, 0.3) is 0 Å². The number of para-hydroxylation sites is 1. The molecule has 2 aromatic rings. The Morgan fingerprint density at radius 1 is 1.38 bits per heavy atom. The van der Waals surface area contributed by atoms with Crippen molar-refractivity contribution in [3.63, 3.8) is 0 Å². The van der Waals surface area contributed by atoms with Crippen LogP contribution in [0.1, 0.15) is 35.3 Å². The SMILES string of the molecule is Cc1nc(COc2ccccc2)sc1CC(=O)N1CCCC(C)C1. The van der Waals surface area contributed by atoms with Gasteiger partial charge >= 0.3 is 0 Å². The van der Waals surface area contributed by atoms with Gasteiger partial charge in [-0.1, -0.05) is 25.1 Å². The minimum atomic E-state index is 0.226. The van der Waals surface area contributed by atoms with Gasteiger partial charge in [0.15, 0.2) is 0 Å². The smallest absolute Gasteiger partial charge is 0.227 e. The summed E-state index contributed by atoms with van der Waals surface area (Å²) >= 11 is 1.59. The molecule has 0 N–H and O–H groups in total. The first-order chi connectivity index (χ1) is 11.6. The molecular formula is C19H24N2O2S. The first kappa shape index (κ1) is 17.0. The van der Waals surface area contributed by atoms with Crippen LogP contribution in [0.2, 0.25) is 0 Å². The zero-order valence-electron chi connectivity index (χ0n) is 14.3. The Bertz CT molecular complexity index is 684. The van der Waals surface area contributed by atoms with Crippen LogP contribution in [0.4, 0.5) is 0 Å². The summed E-state index contributed by atoms with van der Waals surface area (Å²) in [5.41, 5.74) is 0.949. The van der Waals surface area contributed by atoms with Crippen molar-refractivity contribution in [2.75, 3.05) is 13.1 Å². The van der Waals surface area contributed by atoms with Crippen LogP contribution in [0, 0.1) is 12.8 Å². The quantitative estimate of drug-likeness (QED) is 0.828. The molecule has 1 amide bonds. The Morgan fingerprint density at radius 2 is 2.17 bits per heavy atom. The number of hydrogen-bond donors (Lipinski definition) is 0. The number of likely N-dealkylation sites (tertiary alicyclic amines) is 1. The van der Waals surface area contributed by atoms with E-state index < -0.39 is 0 Å². The summed E-state index contributed by atoms with van der Waals surface area (Å²) < 4.78 is 5.75. The van der Waals surface area contributed by atoms with E-state index in [1.165, 1.54) is 6.42 Å². The van der Waals surface area contributed by atoms with Gasteiger partial charge in [-0.05, 0) is 37.8 Å². The number of ether oxygens (including phenoxy) is 1. The van der Waals surface area contributed by atoms with E-state index in [0.29, 0.717) is 18.9 Å². The standard InChI is InChI=1S/C19H24N2O2S/c1-14-7-6-10-21(12-14)19(22)11-17-15(2)20-18(24-17)13-23-16-8-4-3-5-9-16/h3-5,8-9,14H,6-7,10-13H2,1-2H3. The molecule has 128 valence electrons. The highest BCUT2D eigenvalue weighted by molar-refractivity contribution is 7.11. The van der Waals surface area contributed by atoms with Crippen molar-refractivity contribution in [3.8, 4) is 5.75 Å². The number of aryl methyl sites for hydroxylation is 1. The highest BCUT2D eigenvalue weighted by Gasteiger charge is 2.22. The molecule has 1 fully saturated rings. The van der Waals surface area contributed by atoms with Crippen LogP contribution < -0.4 is 4.74 Å². The maximum atomic E-state index is 12.5. The fourth-order valence-electron chi connectivity index (χ4n) is 3.04. The highest BCUT2D eigenvalue weighted by Crippen LogP contribution is 2.23. The van der Waals surface area contributed by atoms with Crippen molar-refractivity contribution in [2.24, 2.45) is 5.92 Å². The van der Waals surface area contributed by atoms with Crippen molar-refractivity contribution in [1.29, 1.82) is 0 Å². The predicted molar refractivity (Wildman–Crippen MR) is 96.3 cm³/mol. The van der Waals surface area contributed by atoms with E-state index in [-0.39, 0.29) is 5.91 Å².